The first-order chi connectivity index (χ1) is 6.09. The van der Waals surface area contributed by atoms with E-state index >= 15 is 0 Å². The lowest BCUT2D eigenvalue weighted by Crippen LogP contribution is -2.50. The second-order valence-corrected chi connectivity index (χ2v) is 3.22. The molecule has 1 fully saturated rings. The first-order valence-electron chi connectivity index (χ1n) is 4.22. The maximum absolute atomic E-state index is 10.9. The van der Waals surface area contributed by atoms with Crippen molar-refractivity contribution in [3.63, 3.8) is 0 Å². The van der Waals surface area contributed by atoms with E-state index in [9.17, 15) is 14.9 Å². The van der Waals surface area contributed by atoms with Gasteiger partial charge in [0.25, 0.3) is 0 Å². The zero-order valence-electron chi connectivity index (χ0n) is 7.52. The van der Waals surface area contributed by atoms with Crippen molar-refractivity contribution < 1.29 is 9.72 Å². The van der Waals surface area contributed by atoms with Gasteiger partial charge in [-0.05, 0) is 0 Å². The zero-order chi connectivity index (χ0) is 9.84. The van der Waals surface area contributed by atoms with Crippen LogP contribution in [-0.4, -0.2) is 48.0 Å². The van der Waals surface area contributed by atoms with Crippen LogP contribution in [0.3, 0.4) is 0 Å². The first kappa shape index (κ1) is 9.91. The van der Waals surface area contributed by atoms with Gasteiger partial charge in [0.1, 0.15) is 0 Å². The predicted molar refractivity (Wildman–Crippen MR) is 45.9 cm³/mol. The lowest BCUT2D eigenvalue weighted by molar-refractivity contribution is -0.518. The van der Waals surface area contributed by atoms with E-state index in [0.29, 0.717) is 19.6 Å². The highest BCUT2D eigenvalue weighted by Gasteiger charge is 2.22. The minimum atomic E-state index is -0.606. The fourth-order valence-corrected chi connectivity index (χ4v) is 1.29. The Labute approximate surface area is 76.0 Å². The average Bonchev–Trinajstić information content (AvgIpc) is 2.04. The Morgan fingerprint density at radius 1 is 1.77 bits per heavy atom. The summed E-state index contributed by atoms with van der Waals surface area (Å²) in [6.45, 7) is 3.46. The van der Waals surface area contributed by atoms with Crippen molar-refractivity contribution in [2.24, 2.45) is 0 Å². The van der Waals surface area contributed by atoms with Crippen LogP contribution in [-0.2, 0) is 4.79 Å². The van der Waals surface area contributed by atoms with Crippen LogP contribution in [0.4, 0.5) is 0 Å². The van der Waals surface area contributed by atoms with Crippen molar-refractivity contribution in [3.05, 3.63) is 10.1 Å². The summed E-state index contributed by atoms with van der Waals surface area (Å²) >= 11 is 0. The number of carbonyl (C=O) groups excluding carboxylic acids is 1. The van der Waals surface area contributed by atoms with Crippen molar-refractivity contribution >= 4 is 5.91 Å². The van der Waals surface area contributed by atoms with Gasteiger partial charge in [0.2, 0.25) is 11.9 Å². The fraction of sp³-hybridized carbons (Fsp3) is 0.857. The van der Waals surface area contributed by atoms with Crippen LogP contribution < -0.4 is 5.32 Å². The Bertz CT molecular complexity index is 219. The van der Waals surface area contributed by atoms with Crippen molar-refractivity contribution in [2.45, 2.75) is 13.0 Å². The average molecular weight is 187 g/mol. The fourth-order valence-electron chi connectivity index (χ4n) is 1.29. The molecule has 0 radical (unpaired) electrons. The molecule has 74 valence electrons. The van der Waals surface area contributed by atoms with E-state index in [4.69, 9.17) is 0 Å². The highest BCUT2D eigenvalue weighted by Crippen LogP contribution is 1.97. The molecule has 1 atom stereocenters. The highest BCUT2D eigenvalue weighted by molar-refractivity contribution is 5.78. The van der Waals surface area contributed by atoms with Gasteiger partial charge in [0, 0.05) is 24.9 Å². The number of hydrogen-bond acceptors (Lipinski definition) is 4. The van der Waals surface area contributed by atoms with Gasteiger partial charge in [-0.3, -0.25) is 19.8 Å². The van der Waals surface area contributed by atoms with Crippen LogP contribution in [0.2, 0.25) is 0 Å². The monoisotopic (exact) mass is 187 g/mol. The molecule has 1 saturated heterocycles. The lowest BCUT2D eigenvalue weighted by Gasteiger charge is -2.26. The summed E-state index contributed by atoms with van der Waals surface area (Å²) < 4.78 is 0. The quantitative estimate of drug-likeness (QED) is 0.458. The molecule has 1 amide bonds. The van der Waals surface area contributed by atoms with E-state index in [-0.39, 0.29) is 17.4 Å². The maximum Gasteiger partial charge on any atom is 0.234 e. The Morgan fingerprint density at radius 3 is 3.00 bits per heavy atom. The van der Waals surface area contributed by atoms with Gasteiger partial charge in [-0.15, -0.1) is 0 Å². The summed E-state index contributed by atoms with van der Waals surface area (Å²) in [5.74, 6) is -0.0539. The Morgan fingerprint density at radius 2 is 2.46 bits per heavy atom. The van der Waals surface area contributed by atoms with Gasteiger partial charge >= 0.3 is 0 Å². The molecule has 1 aliphatic heterocycles. The van der Waals surface area contributed by atoms with Crippen molar-refractivity contribution in [3.8, 4) is 0 Å². The van der Waals surface area contributed by atoms with Crippen LogP contribution in [0, 0.1) is 10.1 Å². The molecule has 1 aliphatic rings. The topological polar surface area (TPSA) is 75.5 Å². The molecular weight excluding hydrogens is 174 g/mol. The van der Waals surface area contributed by atoms with Crippen molar-refractivity contribution in [2.75, 3.05) is 26.2 Å². The van der Waals surface area contributed by atoms with E-state index in [1.807, 2.05) is 0 Å². The standard InChI is InChI=1S/C7H13N3O3/c1-6(10(12)13)4-9-3-2-8-7(11)5-9/h6H,2-5H2,1H3,(H,8,11). The normalized spacial score (nSPS) is 20.8. The summed E-state index contributed by atoms with van der Waals surface area (Å²) in [4.78, 5) is 22.7. The second kappa shape index (κ2) is 4.18. The largest absolute Gasteiger partial charge is 0.354 e. The molecule has 0 aromatic rings. The Hall–Kier alpha value is -1.17. The smallest absolute Gasteiger partial charge is 0.234 e. The molecular formula is C7H13N3O3. The Kier molecular flexibility index (Phi) is 3.18. The third-order valence-corrected chi connectivity index (χ3v) is 2.00. The molecule has 13 heavy (non-hydrogen) atoms. The van der Waals surface area contributed by atoms with E-state index in [1.54, 1.807) is 11.8 Å². The third kappa shape index (κ3) is 2.98. The summed E-state index contributed by atoms with van der Waals surface area (Å²) in [5, 5.41) is 13.0. The predicted octanol–water partition coefficient (Wildman–Crippen LogP) is -0.917. The molecule has 0 aromatic carbocycles. The second-order valence-electron chi connectivity index (χ2n) is 3.22. The summed E-state index contributed by atoms with van der Waals surface area (Å²) in [7, 11) is 0. The summed E-state index contributed by atoms with van der Waals surface area (Å²) in [6.07, 6.45) is 0. The molecule has 6 heteroatoms. The van der Waals surface area contributed by atoms with Crippen LogP contribution in [0.5, 0.6) is 0 Å². The van der Waals surface area contributed by atoms with Gasteiger partial charge in [0.05, 0.1) is 13.1 Å². The van der Waals surface area contributed by atoms with Crippen molar-refractivity contribution in [1.29, 1.82) is 0 Å². The number of rotatable bonds is 3. The third-order valence-electron chi connectivity index (χ3n) is 2.00. The number of nitrogens with zero attached hydrogens (tertiary/aromatic N) is 2. The van der Waals surface area contributed by atoms with E-state index in [0.717, 1.165) is 0 Å². The maximum atomic E-state index is 10.9. The minimum Gasteiger partial charge on any atom is -0.354 e. The van der Waals surface area contributed by atoms with Crippen LogP contribution in [0.15, 0.2) is 0 Å². The molecule has 0 saturated carbocycles. The number of piperazine rings is 1. The number of amides is 1. The van der Waals surface area contributed by atoms with Crippen LogP contribution in [0.25, 0.3) is 0 Å². The number of carbonyl (C=O) groups is 1. The number of hydrogen-bond donors (Lipinski definition) is 1. The lowest BCUT2D eigenvalue weighted by atomic mass is 10.3. The van der Waals surface area contributed by atoms with Gasteiger partial charge < -0.3 is 5.32 Å². The van der Waals surface area contributed by atoms with Gasteiger partial charge in [-0.1, -0.05) is 0 Å². The molecule has 1 unspecified atom stereocenters. The molecule has 1 N–H and O–H groups in total. The van der Waals surface area contributed by atoms with E-state index < -0.39 is 6.04 Å². The molecule has 1 heterocycles. The van der Waals surface area contributed by atoms with Crippen LogP contribution in [0.1, 0.15) is 6.92 Å². The molecule has 0 bridgehead atoms. The number of nitrogens with one attached hydrogen (secondary N) is 1. The zero-order valence-corrected chi connectivity index (χ0v) is 7.52. The first-order valence-corrected chi connectivity index (χ1v) is 4.22. The van der Waals surface area contributed by atoms with Gasteiger partial charge in [-0.2, -0.15) is 0 Å². The van der Waals surface area contributed by atoms with Crippen LogP contribution >= 0.6 is 0 Å². The van der Waals surface area contributed by atoms with Gasteiger partial charge in [0.15, 0.2) is 0 Å². The number of nitro groups is 1. The van der Waals surface area contributed by atoms with E-state index in [2.05, 4.69) is 5.32 Å². The van der Waals surface area contributed by atoms with Gasteiger partial charge in [-0.25, -0.2) is 0 Å². The highest BCUT2D eigenvalue weighted by atomic mass is 16.6. The van der Waals surface area contributed by atoms with E-state index in [1.165, 1.54) is 0 Å². The molecule has 0 spiro atoms. The Balaban J connectivity index is 2.35. The SMILES string of the molecule is CC(CN1CCNC(=O)C1)[N+](=O)[O-]. The van der Waals surface area contributed by atoms with Crippen molar-refractivity contribution in [1.82, 2.24) is 10.2 Å². The minimum absolute atomic E-state index is 0.0539. The summed E-state index contributed by atoms with van der Waals surface area (Å²) in [6, 6.07) is -0.606. The summed E-state index contributed by atoms with van der Waals surface area (Å²) in [5.41, 5.74) is 0. The molecule has 0 aromatic heterocycles. The molecule has 6 nitrogen and oxygen atoms in total. The molecule has 0 aliphatic carbocycles. The molecule has 1 rings (SSSR count).